The predicted molar refractivity (Wildman–Crippen MR) is 63.8 cm³/mol. The van der Waals surface area contributed by atoms with Gasteiger partial charge in [-0.1, -0.05) is 0 Å². The third-order valence-corrected chi connectivity index (χ3v) is 2.94. The molecule has 0 aromatic carbocycles. The molecular formula is C12H18N2O2. The minimum Gasteiger partial charge on any atom is -0.383 e. The number of ether oxygens (including phenoxy) is 1. The van der Waals surface area contributed by atoms with Crippen molar-refractivity contribution in [3.63, 3.8) is 0 Å². The average molecular weight is 222 g/mol. The van der Waals surface area contributed by atoms with E-state index in [2.05, 4.69) is 5.32 Å². The Kier molecular flexibility index (Phi) is 3.62. The average Bonchev–Trinajstić information content (AvgIpc) is 2.81. The van der Waals surface area contributed by atoms with Gasteiger partial charge in [-0.25, -0.2) is 0 Å². The van der Waals surface area contributed by atoms with E-state index in [1.54, 1.807) is 10.6 Å². The molecule has 0 bridgehead atoms. The van der Waals surface area contributed by atoms with Crippen LogP contribution in [-0.2, 0) is 11.3 Å². The van der Waals surface area contributed by atoms with Crippen LogP contribution in [0.5, 0.6) is 0 Å². The van der Waals surface area contributed by atoms with E-state index in [4.69, 9.17) is 4.74 Å². The van der Waals surface area contributed by atoms with Gasteiger partial charge in [0.2, 0.25) is 0 Å². The summed E-state index contributed by atoms with van der Waals surface area (Å²) >= 11 is 0. The molecule has 1 aliphatic rings. The smallest absolute Gasteiger partial charge is 0.250 e. The molecular weight excluding hydrogens is 204 g/mol. The summed E-state index contributed by atoms with van der Waals surface area (Å²) in [5.41, 5.74) is 1.06. The molecule has 88 valence electrons. The molecule has 4 nitrogen and oxygen atoms in total. The van der Waals surface area contributed by atoms with Gasteiger partial charge in [-0.2, -0.15) is 0 Å². The summed E-state index contributed by atoms with van der Waals surface area (Å²) < 4.78 is 7.02. The van der Waals surface area contributed by atoms with Gasteiger partial charge in [-0.15, -0.1) is 0 Å². The van der Waals surface area contributed by atoms with Gasteiger partial charge in [0.1, 0.15) is 0 Å². The number of aryl methyl sites for hydroxylation is 1. The molecule has 0 radical (unpaired) electrons. The molecule has 1 aromatic heterocycles. The highest BCUT2D eigenvalue weighted by atomic mass is 16.5. The molecule has 2 heterocycles. The van der Waals surface area contributed by atoms with Crippen molar-refractivity contribution in [2.24, 2.45) is 5.92 Å². The summed E-state index contributed by atoms with van der Waals surface area (Å²) in [5.74, 6) is 0.599. The fourth-order valence-corrected chi connectivity index (χ4v) is 1.89. The summed E-state index contributed by atoms with van der Waals surface area (Å²) in [5, 5.41) is 3.35. The van der Waals surface area contributed by atoms with Crippen molar-refractivity contribution in [3.05, 3.63) is 28.7 Å². The van der Waals surface area contributed by atoms with Crippen LogP contribution in [-0.4, -0.2) is 24.3 Å². The van der Waals surface area contributed by atoms with Crippen LogP contribution in [0.2, 0.25) is 0 Å². The third kappa shape index (κ3) is 2.64. The van der Waals surface area contributed by atoms with E-state index < -0.39 is 0 Å². The molecule has 0 aliphatic carbocycles. The number of anilines is 1. The van der Waals surface area contributed by atoms with Crippen LogP contribution >= 0.6 is 0 Å². The lowest BCUT2D eigenvalue weighted by Crippen LogP contribution is -2.19. The van der Waals surface area contributed by atoms with Crippen molar-refractivity contribution in [3.8, 4) is 0 Å². The Morgan fingerprint density at radius 1 is 1.56 bits per heavy atom. The molecule has 0 amide bonds. The minimum absolute atomic E-state index is 0.0530. The molecule has 1 aromatic rings. The van der Waals surface area contributed by atoms with Gasteiger partial charge in [0.05, 0.1) is 12.3 Å². The van der Waals surface area contributed by atoms with Crippen LogP contribution < -0.4 is 10.9 Å². The van der Waals surface area contributed by atoms with Crippen LogP contribution in [0.15, 0.2) is 23.1 Å². The quantitative estimate of drug-likeness (QED) is 0.835. The minimum atomic E-state index is 0.0530. The van der Waals surface area contributed by atoms with E-state index in [0.717, 1.165) is 31.9 Å². The molecule has 0 saturated carbocycles. The highest BCUT2D eigenvalue weighted by Gasteiger charge is 2.14. The highest BCUT2D eigenvalue weighted by molar-refractivity contribution is 5.40. The lowest BCUT2D eigenvalue weighted by Gasteiger charge is -2.11. The van der Waals surface area contributed by atoms with E-state index in [9.17, 15) is 4.79 Å². The van der Waals surface area contributed by atoms with Crippen molar-refractivity contribution >= 4 is 5.69 Å². The summed E-state index contributed by atoms with van der Waals surface area (Å²) in [6, 6.07) is 3.45. The fraction of sp³-hybridized carbons (Fsp3) is 0.583. The Hall–Kier alpha value is -1.29. The lowest BCUT2D eigenvalue weighted by molar-refractivity contribution is 0.187. The summed E-state index contributed by atoms with van der Waals surface area (Å²) in [6.45, 7) is 5.32. The van der Waals surface area contributed by atoms with Crippen LogP contribution in [0, 0.1) is 5.92 Å². The monoisotopic (exact) mass is 222 g/mol. The zero-order chi connectivity index (χ0) is 11.4. The lowest BCUT2D eigenvalue weighted by atomic mass is 10.1. The van der Waals surface area contributed by atoms with Crippen molar-refractivity contribution < 1.29 is 4.74 Å². The van der Waals surface area contributed by atoms with Crippen molar-refractivity contribution in [1.29, 1.82) is 0 Å². The molecule has 1 fully saturated rings. The van der Waals surface area contributed by atoms with E-state index in [-0.39, 0.29) is 5.56 Å². The molecule has 1 N–H and O–H groups in total. The molecule has 1 unspecified atom stereocenters. The summed E-state index contributed by atoms with van der Waals surface area (Å²) in [4.78, 5) is 11.4. The van der Waals surface area contributed by atoms with E-state index >= 15 is 0 Å². The van der Waals surface area contributed by atoms with Crippen LogP contribution in [0.3, 0.4) is 0 Å². The maximum atomic E-state index is 11.4. The number of aromatic nitrogens is 1. The normalized spacial score (nSPS) is 19.9. The number of pyridine rings is 1. The first-order valence-electron chi connectivity index (χ1n) is 5.81. The number of nitrogens with zero attached hydrogens (tertiary/aromatic N) is 1. The highest BCUT2D eigenvalue weighted by Crippen LogP contribution is 2.13. The van der Waals surface area contributed by atoms with Gasteiger partial charge in [0, 0.05) is 37.9 Å². The zero-order valence-electron chi connectivity index (χ0n) is 9.61. The zero-order valence-corrected chi connectivity index (χ0v) is 9.61. The van der Waals surface area contributed by atoms with Crippen molar-refractivity contribution in [1.82, 2.24) is 4.57 Å². The Bertz CT molecular complexity index is 394. The summed E-state index contributed by atoms with van der Waals surface area (Å²) in [7, 11) is 0. The maximum absolute atomic E-state index is 11.4. The molecule has 1 saturated heterocycles. The first-order chi connectivity index (χ1) is 7.79. The van der Waals surface area contributed by atoms with E-state index in [1.165, 1.54) is 0 Å². The van der Waals surface area contributed by atoms with E-state index in [0.29, 0.717) is 12.5 Å². The van der Waals surface area contributed by atoms with Gasteiger partial charge in [-0.3, -0.25) is 4.79 Å². The topological polar surface area (TPSA) is 43.3 Å². The molecule has 2 rings (SSSR count). The Morgan fingerprint density at radius 3 is 3.12 bits per heavy atom. The number of nitrogens with one attached hydrogen (secondary N) is 1. The molecule has 1 aliphatic heterocycles. The Morgan fingerprint density at radius 2 is 2.44 bits per heavy atom. The van der Waals surface area contributed by atoms with Crippen molar-refractivity contribution in [2.45, 2.75) is 19.9 Å². The first-order valence-corrected chi connectivity index (χ1v) is 5.81. The summed E-state index contributed by atoms with van der Waals surface area (Å²) in [6.07, 6.45) is 3.00. The molecule has 4 heteroatoms. The standard InChI is InChI=1S/C12H18N2O2/c1-2-14-8-11(3-4-12(14)15)13-7-10-5-6-16-9-10/h3-4,8,10,13H,2,5-7,9H2,1H3. The second-order valence-corrected chi connectivity index (χ2v) is 4.15. The first kappa shape index (κ1) is 11.2. The molecule has 1 atom stereocenters. The second kappa shape index (κ2) is 5.16. The number of hydrogen-bond acceptors (Lipinski definition) is 3. The molecule has 0 spiro atoms. The second-order valence-electron chi connectivity index (χ2n) is 4.15. The Labute approximate surface area is 95.2 Å². The third-order valence-electron chi connectivity index (χ3n) is 2.94. The predicted octanol–water partition coefficient (Wildman–Crippen LogP) is 1.32. The van der Waals surface area contributed by atoms with Gasteiger partial charge >= 0.3 is 0 Å². The number of hydrogen-bond donors (Lipinski definition) is 1. The van der Waals surface area contributed by atoms with Crippen LogP contribution in [0.25, 0.3) is 0 Å². The van der Waals surface area contributed by atoms with Gasteiger partial charge < -0.3 is 14.6 Å². The SMILES string of the molecule is CCn1cc(NCC2CCOC2)ccc1=O. The van der Waals surface area contributed by atoms with Crippen LogP contribution in [0.1, 0.15) is 13.3 Å². The van der Waals surface area contributed by atoms with Gasteiger partial charge in [0.25, 0.3) is 5.56 Å². The maximum Gasteiger partial charge on any atom is 0.250 e. The Balaban J connectivity index is 1.95. The molecule has 16 heavy (non-hydrogen) atoms. The number of rotatable bonds is 4. The largest absolute Gasteiger partial charge is 0.383 e. The van der Waals surface area contributed by atoms with E-state index in [1.807, 2.05) is 19.2 Å². The van der Waals surface area contributed by atoms with Crippen molar-refractivity contribution in [2.75, 3.05) is 25.1 Å². The fourth-order valence-electron chi connectivity index (χ4n) is 1.89. The van der Waals surface area contributed by atoms with Gasteiger partial charge in [-0.05, 0) is 19.4 Å². The van der Waals surface area contributed by atoms with Crippen LogP contribution in [0.4, 0.5) is 5.69 Å². The van der Waals surface area contributed by atoms with Gasteiger partial charge in [0.15, 0.2) is 0 Å².